The summed E-state index contributed by atoms with van der Waals surface area (Å²) in [5.41, 5.74) is 1.36. The number of aryl methyl sites for hydroxylation is 1. The van der Waals surface area contributed by atoms with Crippen LogP contribution in [0.2, 0.25) is 0 Å². The van der Waals surface area contributed by atoms with Crippen LogP contribution >= 0.6 is 0 Å². The summed E-state index contributed by atoms with van der Waals surface area (Å²) in [6, 6.07) is 10.7. The summed E-state index contributed by atoms with van der Waals surface area (Å²) in [6.07, 6.45) is 4.26. The standard InChI is InChI=1S/C14H21NO2/c16-12-14-9-4-10-15(14)17-11-5-8-13-6-2-1-3-7-13/h1-3,6-7,14,16H,4-5,8-12H2/t14-/m0/s1. The summed E-state index contributed by atoms with van der Waals surface area (Å²) in [7, 11) is 0. The maximum absolute atomic E-state index is 9.15. The lowest BCUT2D eigenvalue weighted by atomic mass is 10.1. The second-order valence-corrected chi connectivity index (χ2v) is 4.54. The highest BCUT2D eigenvalue weighted by molar-refractivity contribution is 5.14. The van der Waals surface area contributed by atoms with Crippen molar-refractivity contribution in [3.05, 3.63) is 35.9 Å². The van der Waals surface area contributed by atoms with Gasteiger partial charge in [0, 0.05) is 6.54 Å². The monoisotopic (exact) mass is 235 g/mol. The van der Waals surface area contributed by atoms with Gasteiger partial charge in [-0.25, -0.2) is 0 Å². The predicted molar refractivity (Wildman–Crippen MR) is 67.5 cm³/mol. The van der Waals surface area contributed by atoms with Crippen molar-refractivity contribution in [3.63, 3.8) is 0 Å². The summed E-state index contributed by atoms with van der Waals surface area (Å²) in [5.74, 6) is 0. The van der Waals surface area contributed by atoms with E-state index in [0.717, 1.165) is 38.8 Å². The number of rotatable bonds is 6. The molecule has 0 unspecified atom stereocenters. The van der Waals surface area contributed by atoms with Crippen LogP contribution in [0, 0.1) is 0 Å². The first kappa shape index (κ1) is 12.6. The lowest BCUT2D eigenvalue weighted by molar-refractivity contribution is -0.175. The molecule has 0 aromatic heterocycles. The van der Waals surface area contributed by atoms with Crippen LogP contribution in [0.4, 0.5) is 0 Å². The van der Waals surface area contributed by atoms with Gasteiger partial charge in [0.15, 0.2) is 0 Å². The van der Waals surface area contributed by atoms with Crippen LogP contribution in [0.1, 0.15) is 24.8 Å². The molecule has 0 amide bonds. The molecule has 2 rings (SSSR count). The van der Waals surface area contributed by atoms with Crippen molar-refractivity contribution in [1.82, 2.24) is 5.06 Å². The molecule has 1 heterocycles. The molecule has 0 radical (unpaired) electrons. The van der Waals surface area contributed by atoms with Crippen molar-refractivity contribution in [3.8, 4) is 0 Å². The fourth-order valence-corrected chi connectivity index (χ4v) is 2.26. The van der Waals surface area contributed by atoms with Gasteiger partial charge in [0.25, 0.3) is 0 Å². The number of hydrogen-bond acceptors (Lipinski definition) is 3. The van der Waals surface area contributed by atoms with Crippen molar-refractivity contribution in [2.75, 3.05) is 19.8 Å². The molecular weight excluding hydrogens is 214 g/mol. The molecule has 0 bridgehead atoms. The van der Waals surface area contributed by atoms with Crippen molar-refractivity contribution < 1.29 is 9.94 Å². The van der Waals surface area contributed by atoms with Gasteiger partial charge < -0.3 is 5.11 Å². The number of hydrogen-bond donors (Lipinski definition) is 1. The SMILES string of the molecule is OC[C@@H]1CCCN1OCCCc1ccccc1. The van der Waals surface area contributed by atoms with Crippen molar-refractivity contribution in [2.24, 2.45) is 0 Å². The summed E-state index contributed by atoms with van der Waals surface area (Å²) in [4.78, 5) is 5.70. The zero-order valence-electron chi connectivity index (χ0n) is 10.2. The van der Waals surface area contributed by atoms with Crippen molar-refractivity contribution in [1.29, 1.82) is 0 Å². The third-order valence-corrected chi connectivity index (χ3v) is 3.24. The molecule has 1 N–H and O–H groups in total. The highest BCUT2D eigenvalue weighted by atomic mass is 16.7. The van der Waals surface area contributed by atoms with Crippen LogP contribution in [-0.2, 0) is 11.3 Å². The molecule has 1 atom stereocenters. The molecule has 1 aliphatic rings. The molecule has 17 heavy (non-hydrogen) atoms. The summed E-state index contributed by atoms with van der Waals surface area (Å²) < 4.78 is 0. The van der Waals surface area contributed by atoms with Crippen LogP contribution in [0.25, 0.3) is 0 Å². The normalized spacial score (nSPS) is 20.9. The Kier molecular flexibility index (Phi) is 4.98. The van der Waals surface area contributed by atoms with E-state index in [0.29, 0.717) is 0 Å². The number of aliphatic hydroxyl groups is 1. The fraction of sp³-hybridized carbons (Fsp3) is 0.571. The Balaban J connectivity index is 1.63. The maximum atomic E-state index is 9.15. The van der Waals surface area contributed by atoms with Gasteiger partial charge in [-0.05, 0) is 31.2 Å². The average Bonchev–Trinajstić information content (AvgIpc) is 2.83. The van der Waals surface area contributed by atoms with Crippen LogP contribution in [0.3, 0.4) is 0 Å². The largest absolute Gasteiger partial charge is 0.395 e. The van der Waals surface area contributed by atoms with Gasteiger partial charge in [0.1, 0.15) is 0 Å². The van der Waals surface area contributed by atoms with Gasteiger partial charge in [0.2, 0.25) is 0 Å². The maximum Gasteiger partial charge on any atom is 0.0688 e. The van der Waals surface area contributed by atoms with Crippen LogP contribution < -0.4 is 0 Å². The molecule has 1 aromatic rings. The molecule has 3 heteroatoms. The lowest BCUT2D eigenvalue weighted by Crippen LogP contribution is -2.32. The van der Waals surface area contributed by atoms with Crippen LogP contribution in [0.15, 0.2) is 30.3 Å². The predicted octanol–water partition coefficient (Wildman–Crippen LogP) is 2.01. The first-order valence-electron chi connectivity index (χ1n) is 6.44. The van der Waals surface area contributed by atoms with Crippen LogP contribution in [0.5, 0.6) is 0 Å². The zero-order valence-corrected chi connectivity index (χ0v) is 10.2. The molecule has 1 saturated heterocycles. The summed E-state index contributed by atoms with van der Waals surface area (Å²) >= 11 is 0. The molecule has 1 aromatic carbocycles. The highest BCUT2D eigenvalue weighted by Crippen LogP contribution is 2.17. The second-order valence-electron chi connectivity index (χ2n) is 4.54. The minimum Gasteiger partial charge on any atom is -0.395 e. The van der Waals surface area contributed by atoms with Gasteiger partial charge in [-0.2, -0.15) is 5.06 Å². The van der Waals surface area contributed by atoms with Gasteiger partial charge in [-0.3, -0.25) is 4.84 Å². The number of nitrogens with zero attached hydrogens (tertiary/aromatic N) is 1. The van der Waals surface area contributed by atoms with Crippen molar-refractivity contribution in [2.45, 2.75) is 31.7 Å². The van der Waals surface area contributed by atoms with E-state index in [2.05, 4.69) is 24.3 Å². The van der Waals surface area contributed by atoms with Gasteiger partial charge in [0.05, 0.1) is 19.3 Å². The number of aliphatic hydroxyl groups excluding tert-OH is 1. The first-order valence-corrected chi connectivity index (χ1v) is 6.44. The quantitative estimate of drug-likeness (QED) is 0.766. The molecule has 1 aliphatic heterocycles. The first-order chi connectivity index (χ1) is 8.40. The van der Waals surface area contributed by atoms with E-state index in [4.69, 9.17) is 9.94 Å². The van der Waals surface area contributed by atoms with Crippen LogP contribution in [-0.4, -0.2) is 36.0 Å². The van der Waals surface area contributed by atoms with Crippen molar-refractivity contribution >= 4 is 0 Å². The Morgan fingerprint density at radius 3 is 2.88 bits per heavy atom. The van der Waals surface area contributed by atoms with Gasteiger partial charge in [-0.1, -0.05) is 30.3 Å². The van der Waals surface area contributed by atoms with E-state index in [9.17, 15) is 0 Å². The second kappa shape index (κ2) is 6.74. The van der Waals surface area contributed by atoms with Gasteiger partial charge in [-0.15, -0.1) is 0 Å². The summed E-state index contributed by atoms with van der Waals surface area (Å²) in [6.45, 7) is 1.90. The van der Waals surface area contributed by atoms with E-state index in [1.54, 1.807) is 0 Å². The smallest absolute Gasteiger partial charge is 0.0688 e. The van der Waals surface area contributed by atoms with E-state index < -0.39 is 0 Å². The fourth-order valence-electron chi connectivity index (χ4n) is 2.26. The topological polar surface area (TPSA) is 32.7 Å². The Morgan fingerprint density at radius 1 is 1.29 bits per heavy atom. The molecule has 1 fully saturated rings. The van der Waals surface area contributed by atoms with E-state index in [1.807, 2.05) is 11.1 Å². The summed E-state index contributed by atoms with van der Waals surface area (Å²) in [5, 5.41) is 11.1. The minimum atomic E-state index is 0.207. The Morgan fingerprint density at radius 2 is 2.12 bits per heavy atom. The Bertz CT molecular complexity index is 315. The Hall–Kier alpha value is -0.900. The zero-order chi connectivity index (χ0) is 11.9. The van der Waals surface area contributed by atoms with Gasteiger partial charge >= 0.3 is 0 Å². The molecule has 94 valence electrons. The molecule has 0 spiro atoms. The third-order valence-electron chi connectivity index (χ3n) is 3.24. The third kappa shape index (κ3) is 3.80. The number of benzene rings is 1. The number of hydroxylamine groups is 2. The molecule has 0 aliphatic carbocycles. The lowest BCUT2D eigenvalue weighted by Gasteiger charge is -2.21. The molecule has 3 nitrogen and oxygen atoms in total. The Labute approximate surface area is 103 Å². The van der Waals surface area contributed by atoms with E-state index >= 15 is 0 Å². The molecule has 0 saturated carbocycles. The highest BCUT2D eigenvalue weighted by Gasteiger charge is 2.24. The minimum absolute atomic E-state index is 0.207. The van der Waals surface area contributed by atoms with E-state index in [-0.39, 0.29) is 12.6 Å². The molecular formula is C14H21NO2. The van der Waals surface area contributed by atoms with E-state index in [1.165, 1.54) is 5.56 Å². The average molecular weight is 235 g/mol.